The average Bonchev–Trinajstić information content (AvgIpc) is 3.05. The number of para-hydroxylation sites is 2. The number of hydrogen-bond donors (Lipinski definition) is 0. The Morgan fingerprint density at radius 1 is 0.824 bits per heavy atom. The minimum atomic E-state index is -3.63. The molecule has 176 valence electrons. The van der Waals surface area contributed by atoms with Gasteiger partial charge in [0.25, 0.3) is 0 Å². The van der Waals surface area contributed by atoms with E-state index in [1.165, 1.54) is 11.4 Å². The maximum atomic E-state index is 13.2. The summed E-state index contributed by atoms with van der Waals surface area (Å²) in [6.07, 6.45) is 0. The lowest BCUT2D eigenvalue weighted by atomic mass is 10.1. The van der Waals surface area contributed by atoms with Crippen LogP contribution in [0.15, 0.2) is 76.6 Å². The molecule has 0 spiro atoms. The highest BCUT2D eigenvalue weighted by Crippen LogP contribution is 2.39. The van der Waals surface area contributed by atoms with Gasteiger partial charge in [0, 0.05) is 38.3 Å². The Hall–Kier alpha value is -3.56. The van der Waals surface area contributed by atoms with Crippen molar-refractivity contribution in [3.63, 3.8) is 0 Å². The normalized spacial score (nSPS) is 15.9. The van der Waals surface area contributed by atoms with Gasteiger partial charge in [-0.25, -0.2) is 13.4 Å². The number of ether oxygens (including phenoxy) is 3. The largest absolute Gasteiger partial charge is 0.497 e. The molecule has 0 unspecified atom stereocenters. The standard InChI is InChI=1S/C25H25N3O5S/c1-31-18-6-5-7-20(16-18)34(29,30)28-14-12-27(13-15-28)25-21-11-10-19(32-2)17-24(21)33-23-9-4-3-8-22(23)26-25/h3-11,16-17H,12-15H2,1-2H3. The summed E-state index contributed by atoms with van der Waals surface area (Å²) in [6, 6.07) is 19.8. The summed E-state index contributed by atoms with van der Waals surface area (Å²) in [4.78, 5) is 7.25. The number of sulfonamides is 1. The van der Waals surface area contributed by atoms with Crippen LogP contribution in [0.1, 0.15) is 5.56 Å². The molecule has 2 heterocycles. The van der Waals surface area contributed by atoms with E-state index >= 15 is 0 Å². The van der Waals surface area contributed by atoms with Crippen LogP contribution in [0.4, 0.5) is 5.69 Å². The number of methoxy groups -OCH3 is 2. The van der Waals surface area contributed by atoms with Gasteiger partial charge in [0.1, 0.15) is 28.8 Å². The first kappa shape index (κ1) is 22.2. The summed E-state index contributed by atoms with van der Waals surface area (Å²) in [6.45, 7) is 1.67. The van der Waals surface area contributed by atoms with Gasteiger partial charge in [-0.15, -0.1) is 0 Å². The van der Waals surface area contributed by atoms with Gasteiger partial charge in [-0.2, -0.15) is 4.31 Å². The van der Waals surface area contributed by atoms with Crippen LogP contribution >= 0.6 is 0 Å². The number of fused-ring (bicyclic) bond motifs is 2. The van der Waals surface area contributed by atoms with Crippen LogP contribution in [-0.2, 0) is 10.0 Å². The second-order valence-corrected chi connectivity index (χ2v) is 9.88. The first-order valence-corrected chi connectivity index (χ1v) is 12.4. The third-order valence-corrected chi connectivity index (χ3v) is 7.85. The van der Waals surface area contributed by atoms with Crippen LogP contribution < -0.4 is 14.2 Å². The summed E-state index contributed by atoms with van der Waals surface area (Å²) in [7, 11) is -0.493. The fraction of sp³-hybridized carbons (Fsp3) is 0.240. The summed E-state index contributed by atoms with van der Waals surface area (Å²) in [5.41, 5.74) is 1.56. The van der Waals surface area contributed by atoms with Crippen LogP contribution in [0.3, 0.4) is 0 Å². The number of hydrogen-bond acceptors (Lipinski definition) is 7. The van der Waals surface area contributed by atoms with E-state index in [1.54, 1.807) is 31.4 Å². The molecule has 1 fully saturated rings. The molecule has 0 atom stereocenters. The molecule has 0 aliphatic carbocycles. The molecule has 9 heteroatoms. The van der Waals surface area contributed by atoms with Crippen molar-refractivity contribution >= 4 is 21.5 Å². The monoisotopic (exact) mass is 479 g/mol. The Bertz CT molecular complexity index is 1350. The zero-order chi connectivity index (χ0) is 23.7. The second-order valence-electron chi connectivity index (χ2n) is 7.94. The first-order chi connectivity index (χ1) is 16.5. The predicted octanol–water partition coefficient (Wildman–Crippen LogP) is 3.89. The van der Waals surface area contributed by atoms with Crippen molar-refractivity contribution in [1.29, 1.82) is 0 Å². The molecule has 3 aromatic rings. The topological polar surface area (TPSA) is 80.7 Å². The van der Waals surface area contributed by atoms with Crippen molar-refractivity contribution in [2.24, 2.45) is 4.99 Å². The van der Waals surface area contributed by atoms with E-state index < -0.39 is 10.0 Å². The predicted molar refractivity (Wildman–Crippen MR) is 129 cm³/mol. The third-order valence-electron chi connectivity index (χ3n) is 5.96. The molecule has 0 radical (unpaired) electrons. The van der Waals surface area contributed by atoms with Crippen molar-refractivity contribution in [2.45, 2.75) is 4.90 Å². The first-order valence-electron chi connectivity index (χ1n) is 10.9. The Morgan fingerprint density at radius 2 is 1.56 bits per heavy atom. The molecule has 8 nitrogen and oxygen atoms in total. The van der Waals surface area contributed by atoms with Gasteiger partial charge in [0.15, 0.2) is 5.75 Å². The average molecular weight is 480 g/mol. The van der Waals surface area contributed by atoms with E-state index in [1.807, 2.05) is 42.5 Å². The number of rotatable bonds is 4. The smallest absolute Gasteiger partial charge is 0.243 e. The number of nitrogens with zero attached hydrogens (tertiary/aromatic N) is 3. The highest BCUT2D eigenvalue weighted by atomic mass is 32.2. The zero-order valence-corrected chi connectivity index (χ0v) is 19.8. The van der Waals surface area contributed by atoms with E-state index in [0.717, 1.165) is 17.1 Å². The number of amidine groups is 1. The molecular formula is C25H25N3O5S. The van der Waals surface area contributed by atoms with Gasteiger partial charge in [0.2, 0.25) is 10.0 Å². The second kappa shape index (κ2) is 9.00. The Kier molecular flexibility index (Phi) is 5.89. The van der Waals surface area contributed by atoms with Crippen LogP contribution in [0.2, 0.25) is 0 Å². The number of aliphatic imine (C=N–C) groups is 1. The zero-order valence-electron chi connectivity index (χ0n) is 19.0. The Labute approximate surface area is 199 Å². The molecular weight excluding hydrogens is 454 g/mol. The maximum Gasteiger partial charge on any atom is 0.243 e. The lowest BCUT2D eigenvalue weighted by molar-refractivity contribution is 0.266. The van der Waals surface area contributed by atoms with E-state index in [9.17, 15) is 8.42 Å². The van der Waals surface area contributed by atoms with Crippen molar-refractivity contribution in [1.82, 2.24) is 9.21 Å². The molecule has 0 amide bonds. The van der Waals surface area contributed by atoms with E-state index in [0.29, 0.717) is 49.2 Å². The minimum Gasteiger partial charge on any atom is -0.497 e. The Morgan fingerprint density at radius 3 is 2.32 bits per heavy atom. The minimum absolute atomic E-state index is 0.229. The van der Waals surface area contributed by atoms with E-state index in [4.69, 9.17) is 19.2 Å². The Balaban J connectivity index is 1.43. The van der Waals surface area contributed by atoms with Crippen molar-refractivity contribution < 1.29 is 22.6 Å². The van der Waals surface area contributed by atoms with E-state index in [-0.39, 0.29) is 4.90 Å². The molecule has 0 N–H and O–H groups in total. The molecule has 3 aromatic carbocycles. The van der Waals surface area contributed by atoms with E-state index in [2.05, 4.69) is 4.90 Å². The highest BCUT2D eigenvalue weighted by Gasteiger charge is 2.32. The quantitative estimate of drug-likeness (QED) is 0.565. The fourth-order valence-corrected chi connectivity index (χ4v) is 5.58. The molecule has 2 aliphatic heterocycles. The molecule has 0 bridgehead atoms. The molecule has 1 saturated heterocycles. The molecule has 5 rings (SSSR count). The summed E-state index contributed by atoms with van der Waals surface area (Å²) in [5, 5.41) is 0. The van der Waals surface area contributed by atoms with Gasteiger partial charge >= 0.3 is 0 Å². The highest BCUT2D eigenvalue weighted by molar-refractivity contribution is 7.89. The van der Waals surface area contributed by atoms with Crippen LogP contribution in [0.25, 0.3) is 0 Å². The summed E-state index contributed by atoms with van der Waals surface area (Å²) in [5.74, 6) is 3.26. The lowest BCUT2D eigenvalue weighted by Gasteiger charge is -2.36. The van der Waals surface area contributed by atoms with Gasteiger partial charge in [-0.05, 0) is 36.4 Å². The van der Waals surface area contributed by atoms with Crippen molar-refractivity contribution in [2.75, 3.05) is 40.4 Å². The number of piperazine rings is 1. The van der Waals surface area contributed by atoms with Gasteiger partial charge < -0.3 is 19.1 Å². The van der Waals surface area contributed by atoms with Gasteiger partial charge in [0.05, 0.1) is 24.7 Å². The SMILES string of the molecule is COc1cccc(S(=O)(=O)N2CCN(C3=Nc4ccccc4Oc4cc(OC)ccc43)CC2)c1. The lowest BCUT2D eigenvalue weighted by Crippen LogP contribution is -2.50. The van der Waals surface area contributed by atoms with Crippen LogP contribution in [0, 0.1) is 0 Å². The van der Waals surface area contributed by atoms with Gasteiger partial charge in [-0.3, -0.25) is 0 Å². The van der Waals surface area contributed by atoms with Crippen molar-refractivity contribution in [3.8, 4) is 23.0 Å². The molecule has 34 heavy (non-hydrogen) atoms. The van der Waals surface area contributed by atoms with Crippen LogP contribution in [0.5, 0.6) is 23.0 Å². The molecule has 0 saturated carbocycles. The van der Waals surface area contributed by atoms with Gasteiger partial charge in [-0.1, -0.05) is 18.2 Å². The fourth-order valence-electron chi connectivity index (χ4n) is 4.12. The maximum absolute atomic E-state index is 13.2. The number of benzene rings is 3. The van der Waals surface area contributed by atoms with Crippen LogP contribution in [-0.4, -0.2) is 63.9 Å². The van der Waals surface area contributed by atoms with Crippen molar-refractivity contribution in [3.05, 3.63) is 72.3 Å². The summed E-state index contributed by atoms with van der Waals surface area (Å²) >= 11 is 0. The summed E-state index contributed by atoms with van der Waals surface area (Å²) < 4.78 is 44.7. The molecule has 2 aliphatic rings. The molecule has 0 aromatic heterocycles. The third kappa shape index (κ3) is 4.08.